The molecule has 134 valence electrons. The number of halogens is 2. The molecule has 7 heteroatoms. The lowest BCUT2D eigenvalue weighted by atomic mass is 9.92. The first kappa shape index (κ1) is 17.5. The molecule has 5 nitrogen and oxygen atoms in total. The van der Waals surface area contributed by atoms with E-state index in [9.17, 15) is 8.78 Å². The Balaban J connectivity index is 1.77. The molecule has 0 aromatic carbocycles. The molecule has 0 spiro atoms. The summed E-state index contributed by atoms with van der Waals surface area (Å²) in [6.07, 6.45) is 4.36. The van der Waals surface area contributed by atoms with E-state index in [0.717, 1.165) is 11.4 Å². The van der Waals surface area contributed by atoms with Gasteiger partial charge >= 0.3 is 0 Å². The minimum absolute atomic E-state index is 0.00995. The van der Waals surface area contributed by atoms with E-state index in [-0.39, 0.29) is 24.8 Å². The van der Waals surface area contributed by atoms with Crippen LogP contribution in [0, 0.1) is 6.92 Å². The number of hydrogen-bond donors (Lipinski definition) is 1. The van der Waals surface area contributed by atoms with E-state index in [1.54, 1.807) is 4.68 Å². The number of alkyl halides is 2. The molecule has 1 saturated carbocycles. The quantitative estimate of drug-likeness (QED) is 0.822. The van der Waals surface area contributed by atoms with Crippen LogP contribution in [0.2, 0.25) is 0 Å². The predicted octanol–water partition coefficient (Wildman–Crippen LogP) is 4.25. The summed E-state index contributed by atoms with van der Waals surface area (Å²) in [6.45, 7) is 7.67. The molecule has 0 bridgehead atoms. The Hall–Kier alpha value is -2.31. The Bertz CT molecular complexity index is 746. The lowest BCUT2D eigenvalue weighted by Crippen LogP contribution is -2.32. The number of anilines is 1. The molecule has 2 heterocycles. The highest BCUT2D eigenvalue weighted by Gasteiger charge is 2.34. The average Bonchev–Trinajstić information content (AvgIpc) is 3.06. The largest absolute Gasteiger partial charge is 0.367 e. The van der Waals surface area contributed by atoms with Crippen molar-refractivity contribution in [1.82, 2.24) is 19.7 Å². The zero-order chi connectivity index (χ0) is 18.0. The Kier molecular flexibility index (Phi) is 4.83. The first-order chi connectivity index (χ1) is 11.9. The van der Waals surface area contributed by atoms with E-state index >= 15 is 0 Å². The second-order valence-corrected chi connectivity index (χ2v) is 6.68. The second kappa shape index (κ2) is 6.90. The first-order valence-corrected chi connectivity index (χ1v) is 8.55. The van der Waals surface area contributed by atoms with Crippen molar-refractivity contribution < 1.29 is 8.78 Å². The number of hydrogen-bond acceptors (Lipinski definition) is 4. The van der Waals surface area contributed by atoms with Gasteiger partial charge in [-0.1, -0.05) is 13.0 Å². The summed E-state index contributed by atoms with van der Waals surface area (Å²) in [5.74, 6) is -1.27. The van der Waals surface area contributed by atoms with Crippen LogP contribution in [0.4, 0.5) is 14.6 Å². The molecule has 1 aliphatic carbocycles. The predicted molar refractivity (Wildman–Crippen MR) is 93.3 cm³/mol. The van der Waals surface area contributed by atoms with Gasteiger partial charge in [0.25, 0.3) is 5.95 Å². The monoisotopic (exact) mass is 347 g/mol. The van der Waals surface area contributed by atoms with Crippen molar-refractivity contribution in [3.8, 4) is 5.95 Å². The van der Waals surface area contributed by atoms with Crippen molar-refractivity contribution in [2.24, 2.45) is 0 Å². The van der Waals surface area contributed by atoms with Gasteiger partial charge in [-0.15, -0.1) is 6.58 Å². The normalized spacial score (nSPS) is 18.7. The van der Waals surface area contributed by atoms with Crippen LogP contribution in [0.25, 0.3) is 5.95 Å². The Morgan fingerprint density at radius 1 is 1.36 bits per heavy atom. The molecular weight excluding hydrogens is 324 g/mol. The molecule has 0 aliphatic heterocycles. The smallest absolute Gasteiger partial charge is 0.252 e. The third-order valence-corrected chi connectivity index (χ3v) is 4.55. The standard InChI is InChI=1S/C18H23F2N5/c1-4-12(2)15-7-10-25(24-15)17-21-13(3)11-16(23-17)22-14-5-8-18(19,20)9-6-14/h4,7,10-12,14H,1,5-6,8-9H2,2-3H3,(H,21,22,23). The highest BCUT2D eigenvalue weighted by Crippen LogP contribution is 2.34. The maximum atomic E-state index is 13.3. The molecule has 1 N–H and O–H groups in total. The minimum Gasteiger partial charge on any atom is -0.367 e. The van der Waals surface area contributed by atoms with Crippen LogP contribution in [0.3, 0.4) is 0 Å². The molecule has 0 saturated heterocycles. The summed E-state index contributed by atoms with van der Waals surface area (Å²) in [5, 5.41) is 7.76. The Labute approximate surface area is 146 Å². The van der Waals surface area contributed by atoms with Gasteiger partial charge in [-0.2, -0.15) is 10.1 Å². The number of allylic oxidation sites excluding steroid dienone is 1. The lowest BCUT2D eigenvalue weighted by molar-refractivity contribution is -0.0361. The highest BCUT2D eigenvalue weighted by atomic mass is 19.3. The number of nitrogens with one attached hydrogen (secondary N) is 1. The van der Waals surface area contributed by atoms with Crippen LogP contribution < -0.4 is 5.32 Å². The number of aryl methyl sites for hydroxylation is 1. The number of rotatable bonds is 5. The Morgan fingerprint density at radius 2 is 2.08 bits per heavy atom. The molecule has 1 aliphatic rings. The third kappa shape index (κ3) is 4.21. The van der Waals surface area contributed by atoms with E-state index in [1.165, 1.54) is 0 Å². The molecule has 2 aromatic heterocycles. The third-order valence-electron chi connectivity index (χ3n) is 4.55. The van der Waals surface area contributed by atoms with Crippen LogP contribution in [-0.2, 0) is 0 Å². The molecule has 1 fully saturated rings. The van der Waals surface area contributed by atoms with Gasteiger partial charge in [-0.3, -0.25) is 0 Å². The van der Waals surface area contributed by atoms with Crippen molar-refractivity contribution in [3.05, 3.63) is 42.4 Å². The van der Waals surface area contributed by atoms with E-state index < -0.39 is 5.92 Å². The molecule has 3 rings (SSSR count). The summed E-state index contributed by atoms with van der Waals surface area (Å²) in [5.41, 5.74) is 1.69. The lowest BCUT2D eigenvalue weighted by Gasteiger charge is -2.29. The zero-order valence-electron chi connectivity index (χ0n) is 14.5. The molecule has 1 atom stereocenters. The van der Waals surface area contributed by atoms with Crippen molar-refractivity contribution >= 4 is 5.82 Å². The minimum atomic E-state index is -2.53. The fourth-order valence-electron chi connectivity index (χ4n) is 2.94. The van der Waals surface area contributed by atoms with E-state index in [0.29, 0.717) is 24.6 Å². The first-order valence-electron chi connectivity index (χ1n) is 8.55. The van der Waals surface area contributed by atoms with Crippen LogP contribution >= 0.6 is 0 Å². The summed E-state index contributed by atoms with van der Waals surface area (Å²) in [4.78, 5) is 8.92. The van der Waals surface area contributed by atoms with Crippen molar-refractivity contribution in [3.63, 3.8) is 0 Å². The number of aromatic nitrogens is 4. The second-order valence-electron chi connectivity index (χ2n) is 6.68. The van der Waals surface area contributed by atoms with Crippen molar-refractivity contribution in [1.29, 1.82) is 0 Å². The van der Waals surface area contributed by atoms with E-state index in [1.807, 2.05) is 38.3 Å². The van der Waals surface area contributed by atoms with Gasteiger partial charge < -0.3 is 5.32 Å². The fraction of sp³-hybridized carbons (Fsp3) is 0.500. The summed E-state index contributed by atoms with van der Waals surface area (Å²) in [6, 6.07) is 3.75. The van der Waals surface area contributed by atoms with Crippen LogP contribution in [0.15, 0.2) is 31.0 Å². The van der Waals surface area contributed by atoms with Gasteiger partial charge in [0.1, 0.15) is 5.82 Å². The van der Waals surface area contributed by atoms with Crippen molar-refractivity contribution in [2.75, 3.05) is 5.32 Å². The van der Waals surface area contributed by atoms with Gasteiger partial charge in [0, 0.05) is 42.8 Å². The summed E-state index contributed by atoms with van der Waals surface area (Å²) in [7, 11) is 0. The van der Waals surface area contributed by atoms with Crippen LogP contribution in [0.5, 0.6) is 0 Å². The topological polar surface area (TPSA) is 55.6 Å². The van der Waals surface area contributed by atoms with Gasteiger partial charge in [0.2, 0.25) is 5.92 Å². The molecular formula is C18H23F2N5. The number of nitrogens with zero attached hydrogens (tertiary/aromatic N) is 4. The average molecular weight is 347 g/mol. The highest BCUT2D eigenvalue weighted by molar-refractivity contribution is 5.39. The summed E-state index contributed by atoms with van der Waals surface area (Å²) < 4.78 is 28.2. The van der Waals surface area contributed by atoms with E-state index in [4.69, 9.17) is 0 Å². The molecule has 25 heavy (non-hydrogen) atoms. The fourth-order valence-corrected chi connectivity index (χ4v) is 2.94. The maximum Gasteiger partial charge on any atom is 0.252 e. The van der Waals surface area contributed by atoms with Gasteiger partial charge in [-0.05, 0) is 25.8 Å². The van der Waals surface area contributed by atoms with Gasteiger partial charge in [-0.25, -0.2) is 18.4 Å². The van der Waals surface area contributed by atoms with E-state index in [2.05, 4.69) is 27.0 Å². The molecule has 1 unspecified atom stereocenters. The van der Waals surface area contributed by atoms with Crippen molar-refractivity contribution in [2.45, 2.75) is 57.4 Å². The molecule has 0 amide bonds. The zero-order valence-corrected chi connectivity index (χ0v) is 14.5. The molecule has 0 radical (unpaired) electrons. The van der Waals surface area contributed by atoms with Crippen LogP contribution in [0.1, 0.15) is 49.9 Å². The van der Waals surface area contributed by atoms with Gasteiger partial charge in [0.05, 0.1) is 5.69 Å². The SMILES string of the molecule is C=CC(C)c1ccn(-c2nc(C)cc(NC3CCC(F)(F)CC3)n2)n1. The Morgan fingerprint density at radius 3 is 2.76 bits per heavy atom. The molecule has 2 aromatic rings. The summed E-state index contributed by atoms with van der Waals surface area (Å²) >= 11 is 0. The maximum absolute atomic E-state index is 13.3. The van der Waals surface area contributed by atoms with Gasteiger partial charge in [0.15, 0.2) is 0 Å². The van der Waals surface area contributed by atoms with Crippen LogP contribution in [-0.4, -0.2) is 31.7 Å².